The normalized spacial score (nSPS) is 13.0. The summed E-state index contributed by atoms with van der Waals surface area (Å²) in [6.07, 6.45) is 0.329. The topological polar surface area (TPSA) is 46.5 Å². The molecule has 20 heavy (non-hydrogen) atoms. The Kier molecular flexibility index (Phi) is 6.73. The second-order valence-electron chi connectivity index (χ2n) is 6.13. The van der Waals surface area contributed by atoms with Gasteiger partial charge in [0.15, 0.2) is 6.10 Å². The fraction of sp³-hybridized carbons (Fsp3) is 0.588. The van der Waals surface area contributed by atoms with Crippen LogP contribution in [0.4, 0.5) is 0 Å². The lowest BCUT2D eigenvalue weighted by atomic mass is 9.98. The molecule has 0 spiro atoms. The predicted molar refractivity (Wildman–Crippen MR) is 80.2 cm³/mol. The van der Waals surface area contributed by atoms with Crippen LogP contribution in [0.15, 0.2) is 30.3 Å². The quantitative estimate of drug-likeness (QED) is 0.773. The highest BCUT2D eigenvalue weighted by atomic mass is 16.6. The number of aliphatic hydroxyl groups is 1. The minimum absolute atomic E-state index is 0.124. The summed E-state index contributed by atoms with van der Waals surface area (Å²) >= 11 is 0. The Morgan fingerprint density at radius 2 is 1.55 bits per heavy atom. The van der Waals surface area contributed by atoms with Gasteiger partial charge in [0.1, 0.15) is 6.10 Å². The SMILES string of the molecule is CC(C)CC(CC(C)C)OC(=O)C(O)c1ccccc1. The van der Waals surface area contributed by atoms with Gasteiger partial charge in [0.25, 0.3) is 0 Å². The van der Waals surface area contributed by atoms with Gasteiger partial charge in [-0.3, -0.25) is 0 Å². The van der Waals surface area contributed by atoms with Gasteiger partial charge in [-0.05, 0) is 30.2 Å². The van der Waals surface area contributed by atoms with E-state index in [4.69, 9.17) is 4.74 Å². The molecule has 0 radical (unpaired) electrons. The van der Waals surface area contributed by atoms with Crippen LogP contribution in [0, 0.1) is 11.8 Å². The Balaban J connectivity index is 2.65. The van der Waals surface area contributed by atoms with Crippen LogP contribution >= 0.6 is 0 Å². The van der Waals surface area contributed by atoms with E-state index >= 15 is 0 Å². The van der Waals surface area contributed by atoms with Crippen molar-refractivity contribution in [3.8, 4) is 0 Å². The molecular formula is C17H26O3. The van der Waals surface area contributed by atoms with Crippen molar-refractivity contribution < 1.29 is 14.6 Å². The third kappa shape index (κ3) is 5.74. The van der Waals surface area contributed by atoms with Crippen LogP contribution in [-0.4, -0.2) is 17.2 Å². The average molecular weight is 278 g/mol. The number of carbonyl (C=O) groups is 1. The fourth-order valence-electron chi connectivity index (χ4n) is 2.24. The molecule has 3 heteroatoms. The van der Waals surface area contributed by atoms with Crippen LogP contribution in [0.1, 0.15) is 52.2 Å². The highest BCUT2D eigenvalue weighted by Crippen LogP contribution is 2.20. The van der Waals surface area contributed by atoms with E-state index in [1.165, 1.54) is 0 Å². The van der Waals surface area contributed by atoms with Crippen molar-refractivity contribution in [2.24, 2.45) is 11.8 Å². The maximum absolute atomic E-state index is 12.0. The lowest BCUT2D eigenvalue weighted by molar-refractivity contribution is -0.161. The number of ether oxygens (including phenoxy) is 1. The Morgan fingerprint density at radius 3 is 2.00 bits per heavy atom. The molecule has 1 rings (SSSR count). The number of aliphatic hydroxyl groups excluding tert-OH is 1. The van der Waals surface area contributed by atoms with Crippen LogP contribution < -0.4 is 0 Å². The fourth-order valence-corrected chi connectivity index (χ4v) is 2.24. The lowest BCUT2D eigenvalue weighted by Crippen LogP contribution is -2.25. The average Bonchev–Trinajstić information content (AvgIpc) is 2.37. The lowest BCUT2D eigenvalue weighted by Gasteiger charge is -2.23. The Morgan fingerprint density at radius 1 is 1.05 bits per heavy atom. The van der Waals surface area contributed by atoms with E-state index < -0.39 is 12.1 Å². The van der Waals surface area contributed by atoms with Crippen molar-refractivity contribution in [2.75, 3.05) is 0 Å². The molecule has 0 aliphatic carbocycles. The summed E-state index contributed by atoms with van der Waals surface area (Å²) < 4.78 is 5.50. The summed E-state index contributed by atoms with van der Waals surface area (Å²) in [7, 11) is 0. The van der Waals surface area contributed by atoms with Crippen LogP contribution in [-0.2, 0) is 9.53 Å². The molecule has 0 fully saturated rings. The van der Waals surface area contributed by atoms with Gasteiger partial charge in [-0.25, -0.2) is 4.79 Å². The van der Waals surface area contributed by atoms with Gasteiger partial charge in [0.2, 0.25) is 0 Å². The number of benzene rings is 1. The highest BCUT2D eigenvalue weighted by Gasteiger charge is 2.24. The largest absolute Gasteiger partial charge is 0.460 e. The summed E-state index contributed by atoms with van der Waals surface area (Å²) in [5.74, 6) is 0.364. The molecule has 1 N–H and O–H groups in total. The van der Waals surface area contributed by atoms with E-state index in [1.54, 1.807) is 24.3 Å². The van der Waals surface area contributed by atoms with Crippen molar-refractivity contribution in [3.63, 3.8) is 0 Å². The van der Waals surface area contributed by atoms with Crippen LogP contribution in [0.2, 0.25) is 0 Å². The molecule has 0 saturated carbocycles. The summed E-state index contributed by atoms with van der Waals surface area (Å²) in [6.45, 7) is 8.42. The van der Waals surface area contributed by atoms with Crippen molar-refractivity contribution in [1.29, 1.82) is 0 Å². The molecule has 0 aliphatic rings. The van der Waals surface area contributed by atoms with Gasteiger partial charge in [-0.15, -0.1) is 0 Å². The third-order valence-corrected chi connectivity index (χ3v) is 3.09. The molecule has 112 valence electrons. The van der Waals surface area contributed by atoms with E-state index in [1.807, 2.05) is 6.07 Å². The van der Waals surface area contributed by atoms with Gasteiger partial charge in [0, 0.05) is 0 Å². The minimum atomic E-state index is -1.20. The molecule has 0 aliphatic heterocycles. The standard InChI is InChI=1S/C17H26O3/c1-12(2)10-15(11-13(3)4)20-17(19)16(18)14-8-6-5-7-9-14/h5-9,12-13,15-16,18H,10-11H2,1-4H3. The number of carbonyl (C=O) groups excluding carboxylic acids is 1. The molecule has 0 amide bonds. The first-order valence-corrected chi connectivity index (χ1v) is 7.33. The van der Waals surface area contributed by atoms with Gasteiger partial charge in [-0.1, -0.05) is 58.0 Å². The molecule has 1 aromatic rings. The maximum Gasteiger partial charge on any atom is 0.339 e. The molecule has 1 aromatic carbocycles. The summed E-state index contributed by atoms with van der Waals surface area (Å²) in [4.78, 5) is 12.0. The van der Waals surface area contributed by atoms with Crippen molar-refractivity contribution in [1.82, 2.24) is 0 Å². The van der Waals surface area contributed by atoms with Crippen molar-refractivity contribution >= 4 is 5.97 Å². The minimum Gasteiger partial charge on any atom is -0.460 e. The zero-order chi connectivity index (χ0) is 15.1. The molecule has 0 saturated heterocycles. The Hall–Kier alpha value is -1.35. The summed E-state index contributed by atoms with van der Waals surface area (Å²) in [5, 5.41) is 10.0. The van der Waals surface area contributed by atoms with Crippen molar-refractivity contribution in [3.05, 3.63) is 35.9 Å². The molecular weight excluding hydrogens is 252 g/mol. The third-order valence-electron chi connectivity index (χ3n) is 3.09. The van der Waals surface area contributed by atoms with E-state index in [0.717, 1.165) is 12.8 Å². The van der Waals surface area contributed by atoms with E-state index in [-0.39, 0.29) is 6.10 Å². The van der Waals surface area contributed by atoms with Crippen molar-refractivity contribution in [2.45, 2.75) is 52.7 Å². The zero-order valence-corrected chi connectivity index (χ0v) is 12.9. The maximum atomic E-state index is 12.0. The van der Waals surface area contributed by atoms with Crippen LogP contribution in [0.5, 0.6) is 0 Å². The van der Waals surface area contributed by atoms with Crippen LogP contribution in [0.25, 0.3) is 0 Å². The predicted octanol–water partition coefficient (Wildman–Crippen LogP) is 3.72. The van der Waals surface area contributed by atoms with E-state index in [2.05, 4.69) is 27.7 Å². The number of esters is 1. The first-order valence-electron chi connectivity index (χ1n) is 7.33. The molecule has 0 aromatic heterocycles. The first-order chi connectivity index (χ1) is 9.40. The molecule has 3 nitrogen and oxygen atoms in total. The highest BCUT2D eigenvalue weighted by molar-refractivity contribution is 5.76. The van der Waals surface area contributed by atoms with Gasteiger partial charge in [0.05, 0.1) is 0 Å². The smallest absolute Gasteiger partial charge is 0.339 e. The molecule has 1 unspecified atom stereocenters. The van der Waals surface area contributed by atoms with E-state index in [0.29, 0.717) is 17.4 Å². The summed E-state index contributed by atoms with van der Waals surface area (Å²) in [6, 6.07) is 8.90. The summed E-state index contributed by atoms with van der Waals surface area (Å²) in [5.41, 5.74) is 0.574. The number of rotatable bonds is 7. The van der Waals surface area contributed by atoms with Gasteiger partial charge in [-0.2, -0.15) is 0 Å². The monoisotopic (exact) mass is 278 g/mol. The second-order valence-corrected chi connectivity index (χ2v) is 6.13. The number of hydrogen-bond acceptors (Lipinski definition) is 3. The van der Waals surface area contributed by atoms with Crippen LogP contribution in [0.3, 0.4) is 0 Å². The molecule has 0 heterocycles. The Bertz CT molecular complexity index is 388. The molecule has 1 atom stereocenters. The second kappa shape index (κ2) is 8.05. The van der Waals surface area contributed by atoms with Gasteiger partial charge >= 0.3 is 5.97 Å². The first kappa shape index (κ1) is 16.7. The number of hydrogen-bond donors (Lipinski definition) is 1. The van der Waals surface area contributed by atoms with Gasteiger partial charge < -0.3 is 9.84 Å². The Labute approximate surface area is 122 Å². The molecule has 0 bridgehead atoms. The van der Waals surface area contributed by atoms with E-state index in [9.17, 15) is 9.90 Å². The zero-order valence-electron chi connectivity index (χ0n) is 12.9.